The fraction of sp³-hybridized carbons (Fsp3) is 0.300. The number of anilines is 3. The van der Waals surface area contributed by atoms with E-state index in [1.807, 2.05) is 67.5 Å². The Hall–Kier alpha value is -2.82. The van der Waals surface area contributed by atoms with Gasteiger partial charge in [-0.15, -0.1) is 0 Å². The van der Waals surface area contributed by atoms with Crippen LogP contribution in [0.5, 0.6) is 0 Å². The van der Waals surface area contributed by atoms with Crippen LogP contribution in [0.25, 0.3) is 0 Å². The third-order valence-electron chi connectivity index (χ3n) is 3.85. The van der Waals surface area contributed by atoms with Gasteiger partial charge in [0.25, 0.3) is 0 Å². The van der Waals surface area contributed by atoms with Crippen molar-refractivity contribution in [3.05, 3.63) is 54.1 Å². The minimum atomic E-state index is -0.339. The van der Waals surface area contributed by atoms with Crippen LogP contribution in [0.4, 0.5) is 17.1 Å². The highest BCUT2D eigenvalue weighted by Gasteiger charge is 2.10. The first-order chi connectivity index (χ1) is 11.8. The van der Waals surface area contributed by atoms with Crippen LogP contribution in [0.1, 0.15) is 31.7 Å². The van der Waals surface area contributed by atoms with Crippen molar-refractivity contribution >= 4 is 28.9 Å². The summed E-state index contributed by atoms with van der Waals surface area (Å²) in [5.41, 5.74) is 3.61. The molecule has 0 aliphatic heterocycles. The topological polar surface area (TPSA) is 61.4 Å². The number of hydrogen-bond acceptors (Lipinski definition) is 3. The smallest absolute Gasteiger partial charge is 0.233 e. The molecular weight excluding hydrogens is 314 g/mol. The molecule has 5 heteroatoms. The summed E-state index contributed by atoms with van der Waals surface area (Å²) in [5, 5.41) is 5.47. The Morgan fingerprint density at radius 3 is 1.68 bits per heavy atom. The van der Waals surface area contributed by atoms with Crippen LogP contribution in [0, 0.1) is 0 Å². The molecule has 0 spiro atoms. The van der Waals surface area contributed by atoms with Crippen LogP contribution < -0.4 is 15.5 Å². The number of carbonyl (C=O) groups is 2. The highest BCUT2D eigenvalue weighted by atomic mass is 16.2. The molecule has 2 rings (SSSR count). The first kappa shape index (κ1) is 18.5. The van der Waals surface area contributed by atoms with Gasteiger partial charge in [0.05, 0.1) is 0 Å². The SMILES string of the molecule is CC(C)c1ccc(NC(=O)CC(=O)Nc2ccc(N(C)C)cc2)cc1. The molecule has 0 heterocycles. The summed E-state index contributed by atoms with van der Waals surface area (Å²) < 4.78 is 0. The molecule has 2 aromatic carbocycles. The van der Waals surface area contributed by atoms with E-state index in [0.717, 1.165) is 5.69 Å². The third kappa shape index (κ3) is 5.64. The monoisotopic (exact) mass is 339 g/mol. The van der Waals surface area contributed by atoms with Crippen LogP contribution in [0.15, 0.2) is 48.5 Å². The average Bonchev–Trinajstić information content (AvgIpc) is 2.55. The average molecular weight is 339 g/mol. The Morgan fingerprint density at radius 2 is 1.28 bits per heavy atom. The van der Waals surface area contributed by atoms with Gasteiger partial charge in [-0.3, -0.25) is 9.59 Å². The van der Waals surface area contributed by atoms with Crippen molar-refractivity contribution in [3.8, 4) is 0 Å². The minimum Gasteiger partial charge on any atom is -0.378 e. The predicted molar refractivity (Wildman–Crippen MR) is 103 cm³/mol. The van der Waals surface area contributed by atoms with Crippen LogP contribution >= 0.6 is 0 Å². The zero-order valence-corrected chi connectivity index (χ0v) is 15.2. The largest absolute Gasteiger partial charge is 0.378 e. The summed E-state index contributed by atoms with van der Waals surface area (Å²) in [5.74, 6) is -0.233. The Morgan fingerprint density at radius 1 is 0.840 bits per heavy atom. The van der Waals surface area contributed by atoms with Crippen molar-refractivity contribution in [3.63, 3.8) is 0 Å². The second-order valence-corrected chi connectivity index (χ2v) is 6.49. The van der Waals surface area contributed by atoms with Gasteiger partial charge in [0.15, 0.2) is 0 Å². The van der Waals surface area contributed by atoms with Crippen molar-refractivity contribution < 1.29 is 9.59 Å². The lowest BCUT2D eigenvalue weighted by Gasteiger charge is -2.13. The molecule has 2 amide bonds. The minimum absolute atomic E-state index is 0.221. The van der Waals surface area contributed by atoms with E-state index in [1.54, 1.807) is 0 Å². The quantitative estimate of drug-likeness (QED) is 0.786. The summed E-state index contributed by atoms with van der Waals surface area (Å²) in [6, 6.07) is 15.1. The maximum atomic E-state index is 12.0. The van der Waals surface area contributed by atoms with Gasteiger partial charge in [-0.05, 0) is 47.9 Å². The lowest BCUT2D eigenvalue weighted by molar-refractivity contribution is -0.123. The van der Waals surface area contributed by atoms with Gasteiger partial charge in [0.2, 0.25) is 11.8 Å². The maximum Gasteiger partial charge on any atom is 0.233 e. The van der Waals surface area contributed by atoms with Gasteiger partial charge in [-0.25, -0.2) is 0 Å². The lowest BCUT2D eigenvalue weighted by atomic mass is 10.0. The second-order valence-electron chi connectivity index (χ2n) is 6.49. The fourth-order valence-electron chi connectivity index (χ4n) is 2.35. The summed E-state index contributed by atoms with van der Waals surface area (Å²) >= 11 is 0. The van der Waals surface area contributed by atoms with Crippen molar-refractivity contribution in [1.29, 1.82) is 0 Å². The number of nitrogens with one attached hydrogen (secondary N) is 2. The highest BCUT2D eigenvalue weighted by molar-refractivity contribution is 6.08. The molecule has 0 aliphatic rings. The van der Waals surface area contributed by atoms with Crippen molar-refractivity contribution in [2.45, 2.75) is 26.2 Å². The molecule has 2 aromatic rings. The molecule has 5 nitrogen and oxygen atoms in total. The number of benzene rings is 2. The fourth-order valence-corrected chi connectivity index (χ4v) is 2.35. The molecule has 0 bridgehead atoms. The third-order valence-corrected chi connectivity index (χ3v) is 3.85. The zero-order chi connectivity index (χ0) is 18.4. The Kier molecular flexibility index (Phi) is 6.17. The highest BCUT2D eigenvalue weighted by Crippen LogP contribution is 2.18. The Labute approximate surface area is 149 Å². The summed E-state index contributed by atoms with van der Waals surface area (Å²) in [7, 11) is 3.90. The molecule has 0 fully saturated rings. The zero-order valence-electron chi connectivity index (χ0n) is 15.2. The molecule has 0 saturated carbocycles. The van der Waals surface area contributed by atoms with Gasteiger partial charge in [0, 0.05) is 31.2 Å². The molecule has 2 N–H and O–H groups in total. The number of rotatable bonds is 6. The molecule has 0 saturated heterocycles. The van der Waals surface area contributed by atoms with E-state index in [4.69, 9.17) is 0 Å². The molecule has 0 aromatic heterocycles. The van der Waals surface area contributed by atoms with Gasteiger partial charge in [-0.2, -0.15) is 0 Å². The van der Waals surface area contributed by atoms with Gasteiger partial charge < -0.3 is 15.5 Å². The number of carbonyl (C=O) groups excluding carboxylic acids is 2. The van der Waals surface area contributed by atoms with E-state index in [2.05, 4.69) is 24.5 Å². The number of hydrogen-bond donors (Lipinski definition) is 2. The Balaban J connectivity index is 1.86. The van der Waals surface area contributed by atoms with Gasteiger partial charge in [-0.1, -0.05) is 26.0 Å². The van der Waals surface area contributed by atoms with E-state index in [9.17, 15) is 9.59 Å². The maximum absolute atomic E-state index is 12.0. The van der Waals surface area contributed by atoms with Crippen molar-refractivity contribution in [2.24, 2.45) is 0 Å². The van der Waals surface area contributed by atoms with E-state index in [1.165, 1.54) is 5.56 Å². The van der Waals surface area contributed by atoms with Crippen molar-refractivity contribution in [2.75, 3.05) is 29.6 Å². The molecule has 0 atom stereocenters. The molecule has 132 valence electrons. The van der Waals surface area contributed by atoms with E-state index in [0.29, 0.717) is 17.3 Å². The first-order valence-corrected chi connectivity index (χ1v) is 8.32. The van der Waals surface area contributed by atoms with Crippen LogP contribution in [0.3, 0.4) is 0 Å². The molecular formula is C20H25N3O2. The summed E-state index contributed by atoms with van der Waals surface area (Å²) in [6.45, 7) is 4.23. The molecule has 0 radical (unpaired) electrons. The van der Waals surface area contributed by atoms with Crippen LogP contribution in [-0.4, -0.2) is 25.9 Å². The second kappa shape index (κ2) is 8.33. The predicted octanol–water partition coefficient (Wildman–Crippen LogP) is 3.84. The van der Waals surface area contributed by atoms with Gasteiger partial charge in [0.1, 0.15) is 6.42 Å². The molecule has 0 unspecified atom stereocenters. The molecule has 0 aliphatic carbocycles. The lowest BCUT2D eigenvalue weighted by Crippen LogP contribution is -2.21. The van der Waals surface area contributed by atoms with E-state index in [-0.39, 0.29) is 18.2 Å². The van der Waals surface area contributed by atoms with E-state index >= 15 is 0 Å². The normalized spacial score (nSPS) is 10.4. The number of nitrogens with zero attached hydrogens (tertiary/aromatic N) is 1. The first-order valence-electron chi connectivity index (χ1n) is 8.32. The summed E-state index contributed by atoms with van der Waals surface area (Å²) in [4.78, 5) is 26.0. The van der Waals surface area contributed by atoms with E-state index < -0.39 is 0 Å². The standard InChI is InChI=1S/C20H25N3O2/c1-14(2)15-5-7-16(8-6-15)21-19(24)13-20(25)22-17-9-11-18(12-10-17)23(3)4/h5-12,14H,13H2,1-4H3,(H,21,24)(H,22,25). The summed E-state index contributed by atoms with van der Waals surface area (Å²) in [6.07, 6.45) is -0.221. The van der Waals surface area contributed by atoms with Crippen molar-refractivity contribution in [1.82, 2.24) is 0 Å². The Bertz CT molecular complexity index is 656. The molecule has 25 heavy (non-hydrogen) atoms. The van der Waals surface area contributed by atoms with Crippen LogP contribution in [0.2, 0.25) is 0 Å². The van der Waals surface area contributed by atoms with Crippen LogP contribution in [-0.2, 0) is 9.59 Å². The number of amides is 2. The van der Waals surface area contributed by atoms with Gasteiger partial charge >= 0.3 is 0 Å².